The summed E-state index contributed by atoms with van der Waals surface area (Å²) < 4.78 is 27.0. The van der Waals surface area contributed by atoms with Gasteiger partial charge < -0.3 is 5.11 Å². The lowest BCUT2D eigenvalue weighted by atomic mass is 10.0. The maximum absolute atomic E-state index is 12.7. The SMILES string of the molecule is Cc1cc(S(=O)(=O)N2CCCC2C(C)C)sc1C(=O)O. The molecule has 1 N–H and O–H groups in total. The highest BCUT2D eigenvalue weighted by Crippen LogP contribution is 2.34. The standard InChI is InChI=1S/C13H19NO4S2/c1-8(2)10-5-4-6-14(10)20(17,18)11-7-9(3)12(19-11)13(15)16/h7-8,10H,4-6H2,1-3H3,(H,15,16). The van der Waals surface area contributed by atoms with Crippen LogP contribution >= 0.6 is 11.3 Å². The van der Waals surface area contributed by atoms with Gasteiger partial charge in [-0.2, -0.15) is 4.31 Å². The molecule has 7 heteroatoms. The number of rotatable bonds is 4. The fraction of sp³-hybridized carbons (Fsp3) is 0.615. The van der Waals surface area contributed by atoms with Crippen LogP contribution in [0.4, 0.5) is 0 Å². The second-order valence-corrected chi connectivity index (χ2v) is 8.62. The molecule has 0 aliphatic carbocycles. The average molecular weight is 317 g/mol. The lowest BCUT2D eigenvalue weighted by Gasteiger charge is -2.26. The van der Waals surface area contributed by atoms with E-state index in [-0.39, 0.29) is 21.0 Å². The van der Waals surface area contributed by atoms with E-state index in [1.165, 1.54) is 10.4 Å². The molecule has 0 amide bonds. The van der Waals surface area contributed by atoms with E-state index in [1.54, 1.807) is 6.92 Å². The maximum Gasteiger partial charge on any atom is 0.346 e. The number of nitrogens with zero attached hydrogens (tertiary/aromatic N) is 1. The van der Waals surface area contributed by atoms with Crippen LogP contribution < -0.4 is 0 Å². The summed E-state index contributed by atoms with van der Waals surface area (Å²) in [7, 11) is -3.58. The number of hydrogen-bond acceptors (Lipinski definition) is 4. The molecule has 1 fully saturated rings. The van der Waals surface area contributed by atoms with Crippen molar-refractivity contribution >= 4 is 27.3 Å². The summed E-state index contributed by atoms with van der Waals surface area (Å²) in [5, 5.41) is 9.05. The number of hydrogen-bond donors (Lipinski definition) is 1. The van der Waals surface area contributed by atoms with Gasteiger partial charge in [0.2, 0.25) is 0 Å². The fourth-order valence-electron chi connectivity index (χ4n) is 2.64. The average Bonchev–Trinajstić information content (AvgIpc) is 2.94. The zero-order valence-corrected chi connectivity index (χ0v) is 13.4. The normalized spacial score (nSPS) is 20.7. The zero-order valence-electron chi connectivity index (χ0n) is 11.8. The van der Waals surface area contributed by atoms with Crippen LogP contribution in [0.3, 0.4) is 0 Å². The monoisotopic (exact) mass is 317 g/mol. The molecule has 2 heterocycles. The van der Waals surface area contributed by atoms with E-state index >= 15 is 0 Å². The Labute approximate surface area is 123 Å². The maximum atomic E-state index is 12.7. The number of thiophene rings is 1. The van der Waals surface area contributed by atoms with Crippen LogP contribution in [0.2, 0.25) is 0 Å². The predicted molar refractivity (Wildman–Crippen MR) is 77.8 cm³/mol. The summed E-state index contributed by atoms with van der Waals surface area (Å²) in [5.41, 5.74) is 0.501. The highest BCUT2D eigenvalue weighted by molar-refractivity contribution is 7.91. The highest BCUT2D eigenvalue weighted by Gasteiger charge is 2.38. The molecule has 1 atom stereocenters. The predicted octanol–water partition coefficient (Wildman–Crippen LogP) is 2.56. The van der Waals surface area contributed by atoms with Gasteiger partial charge in [-0.05, 0) is 37.3 Å². The largest absolute Gasteiger partial charge is 0.477 e. The molecule has 112 valence electrons. The van der Waals surface area contributed by atoms with Crippen LogP contribution in [0.1, 0.15) is 41.9 Å². The van der Waals surface area contributed by atoms with E-state index in [2.05, 4.69) is 0 Å². The van der Waals surface area contributed by atoms with Gasteiger partial charge in [0.15, 0.2) is 0 Å². The fourth-order valence-corrected chi connectivity index (χ4v) is 5.97. The second kappa shape index (κ2) is 5.46. The molecule has 20 heavy (non-hydrogen) atoms. The Morgan fingerprint density at radius 3 is 2.65 bits per heavy atom. The van der Waals surface area contributed by atoms with Crippen LogP contribution in [-0.4, -0.2) is 36.4 Å². The summed E-state index contributed by atoms with van der Waals surface area (Å²) in [4.78, 5) is 11.2. The van der Waals surface area contributed by atoms with Crippen molar-refractivity contribution in [3.63, 3.8) is 0 Å². The molecule has 1 aromatic rings. The van der Waals surface area contributed by atoms with Gasteiger partial charge in [0.05, 0.1) is 0 Å². The first-order valence-electron chi connectivity index (χ1n) is 6.60. The topological polar surface area (TPSA) is 74.7 Å². The summed E-state index contributed by atoms with van der Waals surface area (Å²) in [5.74, 6) is -0.817. The number of sulfonamides is 1. The summed E-state index contributed by atoms with van der Waals surface area (Å²) in [6.45, 7) is 6.18. The molecule has 2 rings (SSSR count). The molecule has 5 nitrogen and oxygen atoms in total. The quantitative estimate of drug-likeness (QED) is 0.926. The van der Waals surface area contributed by atoms with Crippen LogP contribution in [0.5, 0.6) is 0 Å². The first-order valence-corrected chi connectivity index (χ1v) is 8.86. The molecule has 0 radical (unpaired) electrons. The first kappa shape index (κ1) is 15.5. The summed E-state index contributed by atoms with van der Waals surface area (Å²) in [6, 6.07) is 1.48. The lowest BCUT2D eigenvalue weighted by Crippen LogP contribution is -2.38. The molecule has 1 saturated heterocycles. The van der Waals surface area contributed by atoms with Gasteiger partial charge in [-0.25, -0.2) is 13.2 Å². The molecular formula is C13H19NO4S2. The molecule has 0 spiro atoms. The van der Waals surface area contributed by atoms with Crippen molar-refractivity contribution in [2.45, 2.75) is 43.9 Å². The van der Waals surface area contributed by atoms with Crippen molar-refractivity contribution in [1.29, 1.82) is 0 Å². The number of carboxylic acids is 1. The molecule has 0 saturated carbocycles. The summed E-state index contributed by atoms with van der Waals surface area (Å²) in [6.07, 6.45) is 1.73. The smallest absolute Gasteiger partial charge is 0.346 e. The Morgan fingerprint density at radius 2 is 2.15 bits per heavy atom. The van der Waals surface area contributed by atoms with E-state index in [9.17, 15) is 13.2 Å². The molecular weight excluding hydrogens is 298 g/mol. The van der Waals surface area contributed by atoms with Gasteiger partial charge in [-0.15, -0.1) is 11.3 Å². The minimum atomic E-state index is -3.58. The van der Waals surface area contributed by atoms with Crippen molar-refractivity contribution in [2.24, 2.45) is 5.92 Å². The number of carbonyl (C=O) groups is 1. The van der Waals surface area contributed by atoms with Gasteiger partial charge in [0, 0.05) is 12.6 Å². The number of carboxylic acid groups (broad SMARTS) is 1. The van der Waals surface area contributed by atoms with E-state index in [1.807, 2.05) is 13.8 Å². The number of aromatic carboxylic acids is 1. The van der Waals surface area contributed by atoms with Gasteiger partial charge in [-0.3, -0.25) is 0 Å². The molecule has 0 aromatic carbocycles. The van der Waals surface area contributed by atoms with Gasteiger partial charge in [-0.1, -0.05) is 13.8 Å². The Morgan fingerprint density at radius 1 is 1.50 bits per heavy atom. The van der Waals surface area contributed by atoms with Crippen molar-refractivity contribution in [2.75, 3.05) is 6.54 Å². The molecule has 1 aromatic heterocycles. The minimum absolute atomic E-state index is 0.00989. The van der Waals surface area contributed by atoms with Gasteiger partial charge >= 0.3 is 5.97 Å². The van der Waals surface area contributed by atoms with Gasteiger partial charge in [0.25, 0.3) is 10.0 Å². The minimum Gasteiger partial charge on any atom is -0.477 e. The van der Waals surface area contributed by atoms with E-state index in [4.69, 9.17) is 5.11 Å². The summed E-state index contributed by atoms with van der Waals surface area (Å²) >= 11 is 0.846. The van der Waals surface area contributed by atoms with Crippen LogP contribution in [0.15, 0.2) is 10.3 Å². The van der Waals surface area contributed by atoms with Crippen LogP contribution in [0.25, 0.3) is 0 Å². The van der Waals surface area contributed by atoms with Crippen molar-refractivity contribution in [3.05, 3.63) is 16.5 Å². The van der Waals surface area contributed by atoms with Crippen LogP contribution in [0, 0.1) is 12.8 Å². The Balaban J connectivity index is 2.40. The molecule has 1 aliphatic rings. The van der Waals surface area contributed by atoms with Crippen molar-refractivity contribution in [1.82, 2.24) is 4.31 Å². The third-order valence-corrected chi connectivity index (χ3v) is 7.27. The van der Waals surface area contributed by atoms with Crippen molar-refractivity contribution < 1.29 is 18.3 Å². The van der Waals surface area contributed by atoms with E-state index in [0.29, 0.717) is 12.1 Å². The molecule has 0 bridgehead atoms. The lowest BCUT2D eigenvalue weighted by molar-refractivity contribution is 0.0701. The third kappa shape index (κ3) is 2.62. The highest BCUT2D eigenvalue weighted by atomic mass is 32.2. The van der Waals surface area contributed by atoms with E-state index < -0.39 is 16.0 Å². The van der Waals surface area contributed by atoms with E-state index in [0.717, 1.165) is 24.2 Å². The second-order valence-electron chi connectivity index (χ2n) is 5.45. The van der Waals surface area contributed by atoms with Crippen LogP contribution in [-0.2, 0) is 10.0 Å². The zero-order chi connectivity index (χ0) is 15.1. The van der Waals surface area contributed by atoms with Crippen molar-refractivity contribution in [3.8, 4) is 0 Å². The van der Waals surface area contributed by atoms with Gasteiger partial charge in [0.1, 0.15) is 9.09 Å². The third-order valence-electron chi connectivity index (χ3n) is 3.67. The number of aryl methyl sites for hydroxylation is 1. The molecule has 1 aliphatic heterocycles. The Kier molecular flexibility index (Phi) is 4.22. The molecule has 1 unspecified atom stereocenters. The Hall–Kier alpha value is -0.920. The Bertz CT molecular complexity index is 618. The first-order chi connectivity index (χ1) is 9.25.